The number of nitrogens with zero attached hydrogens (tertiary/aromatic N) is 1. The molecule has 0 aromatic carbocycles. The number of hydrogen-bond acceptors (Lipinski definition) is 4. The summed E-state index contributed by atoms with van der Waals surface area (Å²) in [7, 11) is 0. The fourth-order valence-corrected chi connectivity index (χ4v) is 1.01. The predicted octanol–water partition coefficient (Wildman–Crippen LogP) is 0.308. The van der Waals surface area contributed by atoms with Crippen molar-refractivity contribution in [2.24, 2.45) is 0 Å². The van der Waals surface area contributed by atoms with Crippen LogP contribution in [0.3, 0.4) is 0 Å². The Bertz CT molecular complexity index is 304. The third-order valence-electron chi connectivity index (χ3n) is 1.49. The van der Waals surface area contributed by atoms with E-state index in [1.807, 2.05) is 0 Å². The maximum absolute atomic E-state index is 10.4. The zero-order valence-corrected chi connectivity index (χ0v) is 5.53. The second kappa shape index (κ2) is 1.98. The van der Waals surface area contributed by atoms with Crippen LogP contribution in [0.15, 0.2) is 4.52 Å². The average Bonchev–Trinajstić information content (AvgIpc) is 2.41. The smallest absolute Gasteiger partial charge is 0.362 e. The van der Waals surface area contributed by atoms with Crippen molar-refractivity contribution < 1.29 is 19.2 Å². The van der Waals surface area contributed by atoms with Gasteiger partial charge in [-0.3, -0.25) is 0 Å². The minimum atomic E-state index is -1.11. The van der Waals surface area contributed by atoms with E-state index in [0.29, 0.717) is 18.8 Å². The molecule has 0 bridgehead atoms. The first-order valence-corrected chi connectivity index (χ1v) is 3.13. The third kappa shape index (κ3) is 0.772. The number of rotatable bonds is 1. The molecule has 1 aliphatic rings. The van der Waals surface area contributed by atoms with Gasteiger partial charge in [0.1, 0.15) is 0 Å². The normalized spacial score (nSPS) is 14.2. The minimum Gasteiger partial charge on any atom is -0.487 e. The van der Waals surface area contributed by atoms with Crippen LogP contribution in [0.4, 0.5) is 0 Å². The number of hydrogen-bond donors (Lipinski definition) is 1. The zero-order chi connectivity index (χ0) is 7.84. The van der Waals surface area contributed by atoms with Gasteiger partial charge in [0, 0.05) is 6.42 Å². The van der Waals surface area contributed by atoms with E-state index >= 15 is 0 Å². The van der Waals surface area contributed by atoms with E-state index in [-0.39, 0.29) is 11.4 Å². The van der Waals surface area contributed by atoms with Crippen LogP contribution < -0.4 is 4.74 Å². The van der Waals surface area contributed by atoms with Gasteiger partial charge in [-0.25, -0.2) is 4.79 Å². The zero-order valence-electron chi connectivity index (χ0n) is 5.53. The van der Waals surface area contributed by atoms with E-state index in [2.05, 4.69) is 5.16 Å². The Labute approximate surface area is 61.6 Å². The molecule has 1 aromatic rings. The summed E-state index contributed by atoms with van der Waals surface area (Å²) < 4.78 is 9.71. The molecule has 1 aromatic heterocycles. The molecule has 1 aliphatic heterocycles. The van der Waals surface area contributed by atoms with Crippen molar-refractivity contribution in [3.8, 4) is 5.75 Å². The van der Waals surface area contributed by atoms with Crippen molar-refractivity contribution in [2.75, 3.05) is 6.61 Å². The van der Waals surface area contributed by atoms with Crippen molar-refractivity contribution in [1.82, 2.24) is 5.16 Å². The van der Waals surface area contributed by atoms with E-state index in [1.165, 1.54) is 0 Å². The van der Waals surface area contributed by atoms with Crippen LogP contribution in [0.25, 0.3) is 0 Å². The van der Waals surface area contributed by atoms with Crippen LogP contribution in [0, 0.1) is 0 Å². The van der Waals surface area contributed by atoms with E-state index in [4.69, 9.17) is 14.4 Å². The fraction of sp³-hybridized carbons (Fsp3) is 0.333. The first-order valence-electron chi connectivity index (χ1n) is 3.13. The molecule has 0 atom stereocenters. The summed E-state index contributed by atoms with van der Waals surface area (Å²) in [6, 6.07) is 0. The van der Waals surface area contributed by atoms with Gasteiger partial charge >= 0.3 is 5.97 Å². The lowest BCUT2D eigenvalue weighted by molar-refractivity contribution is 0.0681. The molecule has 5 heteroatoms. The van der Waals surface area contributed by atoms with Crippen LogP contribution >= 0.6 is 0 Å². The summed E-state index contributed by atoms with van der Waals surface area (Å²) in [6.45, 7) is 0.483. The van der Waals surface area contributed by atoms with Crippen LogP contribution in [-0.2, 0) is 6.42 Å². The monoisotopic (exact) mass is 155 g/mol. The van der Waals surface area contributed by atoms with Crippen molar-refractivity contribution in [2.45, 2.75) is 6.42 Å². The number of ether oxygens (including phenoxy) is 1. The maximum atomic E-state index is 10.4. The molecule has 11 heavy (non-hydrogen) atoms. The molecule has 1 N–H and O–H groups in total. The van der Waals surface area contributed by atoms with Gasteiger partial charge in [-0.15, -0.1) is 0 Å². The number of aromatic carboxylic acids is 1. The second-order valence-electron chi connectivity index (χ2n) is 2.19. The molecule has 0 unspecified atom stereocenters. The van der Waals surface area contributed by atoms with Crippen LogP contribution in [0.5, 0.6) is 5.75 Å². The topological polar surface area (TPSA) is 72.6 Å². The number of aromatic nitrogens is 1. The van der Waals surface area contributed by atoms with Gasteiger partial charge in [-0.2, -0.15) is 0 Å². The molecule has 5 nitrogen and oxygen atoms in total. The predicted molar refractivity (Wildman–Crippen MR) is 32.7 cm³/mol. The minimum absolute atomic E-state index is 0.127. The first kappa shape index (κ1) is 6.21. The highest BCUT2D eigenvalue weighted by Gasteiger charge is 2.26. The van der Waals surface area contributed by atoms with Gasteiger partial charge in [0.05, 0.1) is 6.61 Å². The Morgan fingerprint density at radius 1 is 1.64 bits per heavy atom. The number of carboxylic acid groups (broad SMARTS) is 1. The van der Waals surface area contributed by atoms with Gasteiger partial charge in [-0.05, 0) is 0 Å². The highest BCUT2D eigenvalue weighted by Crippen LogP contribution is 2.28. The molecule has 0 saturated heterocycles. The summed E-state index contributed by atoms with van der Waals surface area (Å²) in [5.74, 6) is -0.295. The first-order chi connectivity index (χ1) is 5.29. The van der Waals surface area contributed by atoms with E-state index in [1.54, 1.807) is 0 Å². The lowest BCUT2D eigenvalue weighted by Gasteiger charge is -1.91. The van der Waals surface area contributed by atoms with Gasteiger partial charge in [0.15, 0.2) is 11.5 Å². The number of fused-ring (bicyclic) bond motifs is 1. The maximum Gasteiger partial charge on any atom is 0.362 e. The molecule has 0 amide bonds. The highest BCUT2D eigenvalue weighted by atomic mass is 16.5. The van der Waals surface area contributed by atoms with Gasteiger partial charge < -0.3 is 14.4 Å². The summed E-state index contributed by atoms with van der Waals surface area (Å²) in [4.78, 5) is 10.4. The molecule has 0 spiro atoms. The molecule has 0 fully saturated rings. The molecule has 2 rings (SSSR count). The average molecular weight is 155 g/mol. The Balaban J connectivity index is 2.50. The SMILES string of the molecule is O=C(O)c1noc2c1OCC2. The van der Waals surface area contributed by atoms with Crippen molar-refractivity contribution in [1.29, 1.82) is 0 Å². The second-order valence-corrected chi connectivity index (χ2v) is 2.19. The molecule has 2 heterocycles. The van der Waals surface area contributed by atoms with Crippen molar-refractivity contribution >= 4 is 5.97 Å². The standard InChI is InChI=1S/C6H5NO4/c8-6(9)4-5-3(11-7-4)1-2-10-5/h1-2H2,(H,8,9). The lowest BCUT2D eigenvalue weighted by atomic mass is 10.3. The summed E-state index contributed by atoms with van der Waals surface area (Å²) in [5.41, 5.74) is -0.127. The molecule has 0 saturated carbocycles. The molecule has 58 valence electrons. The Hall–Kier alpha value is -1.52. The number of carboxylic acids is 1. The van der Waals surface area contributed by atoms with Gasteiger partial charge in [-0.1, -0.05) is 5.16 Å². The Morgan fingerprint density at radius 2 is 2.45 bits per heavy atom. The molecular weight excluding hydrogens is 150 g/mol. The fourth-order valence-electron chi connectivity index (χ4n) is 1.01. The molecule has 0 aliphatic carbocycles. The molecular formula is C6H5NO4. The Morgan fingerprint density at radius 3 is 3.18 bits per heavy atom. The molecule has 0 radical (unpaired) electrons. The number of carbonyl (C=O) groups is 1. The van der Waals surface area contributed by atoms with Crippen LogP contribution in [-0.4, -0.2) is 22.8 Å². The lowest BCUT2D eigenvalue weighted by Crippen LogP contribution is -1.99. The van der Waals surface area contributed by atoms with E-state index < -0.39 is 5.97 Å². The largest absolute Gasteiger partial charge is 0.487 e. The highest BCUT2D eigenvalue weighted by molar-refractivity contribution is 5.88. The van der Waals surface area contributed by atoms with Gasteiger partial charge in [0.25, 0.3) is 0 Å². The van der Waals surface area contributed by atoms with Crippen LogP contribution in [0.1, 0.15) is 16.2 Å². The summed E-state index contributed by atoms with van der Waals surface area (Å²) in [5, 5.41) is 11.9. The quantitative estimate of drug-likeness (QED) is 0.631. The summed E-state index contributed by atoms with van der Waals surface area (Å²) >= 11 is 0. The van der Waals surface area contributed by atoms with Crippen molar-refractivity contribution in [3.05, 3.63) is 11.5 Å². The van der Waals surface area contributed by atoms with E-state index in [0.717, 1.165) is 0 Å². The third-order valence-corrected chi connectivity index (χ3v) is 1.49. The van der Waals surface area contributed by atoms with E-state index in [9.17, 15) is 4.79 Å². The van der Waals surface area contributed by atoms with Crippen LogP contribution in [0.2, 0.25) is 0 Å². The summed E-state index contributed by atoms with van der Waals surface area (Å²) in [6.07, 6.45) is 0.607. The van der Waals surface area contributed by atoms with Gasteiger partial charge in [0.2, 0.25) is 5.69 Å². The Kier molecular flexibility index (Phi) is 1.12. The van der Waals surface area contributed by atoms with Crippen molar-refractivity contribution in [3.63, 3.8) is 0 Å².